The van der Waals surface area contributed by atoms with Crippen LogP contribution in [0, 0.1) is 5.92 Å². The van der Waals surface area contributed by atoms with Crippen LogP contribution >= 0.6 is 0 Å². The van der Waals surface area contributed by atoms with E-state index in [1.807, 2.05) is 0 Å². The molecule has 12 nitrogen and oxygen atoms in total. The van der Waals surface area contributed by atoms with Crippen molar-refractivity contribution in [3.05, 3.63) is 29.8 Å². The number of carboxylic acids is 2. The summed E-state index contributed by atoms with van der Waals surface area (Å²) in [7, 11) is 0. The van der Waals surface area contributed by atoms with Gasteiger partial charge in [0.05, 0.1) is 19.0 Å². The Balaban J connectivity index is 2.91. The third-order valence-corrected chi connectivity index (χ3v) is 4.47. The van der Waals surface area contributed by atoms with Gasteiger partial charge in [0.25, 0.3) is 0 Å². The van der Waals surface area contributed by atoms with Gasteiger partial charge in [-0.25, -0.2) is 4.79 Å². The van der Waals surface area contributed by atoms with Crippen LogP contribution in [0.5, 0.6) is 5.75 Å². The summed E-state index contributed by atoms with van der Waals surface area (Å²) in [6.07, 6.45) is -0.944. The molecule has 0 radical (unpaired) electrons. The molecule has 0 saturated heterocycles. The fourth-order valence-electron chi connectivity index (χ4n) is 2.56. The Labute approximate surface area is 184 Å². The molecule has 0 aromatic heterocycles. The van der Waals surface area contributed by atoms with Crippen LogP contribution in [0.25, 0.3) is 0 Å². The zero-order chi connectivity index (χ0) is 24.4. The first-order valence-electron chi connectivity index (χ1n) is 9.76. The Morgan fingerprint density at radius 2 is 1.53 bits per heavy atom. The molecule has 0 aliphatic carbocycles. The number of phenolic OH excluding ortho intramolecular Hbond substituents is 1. The molecule has 0 saturated carbocycles. The summed E-state index contributed by atoms with van der Waals surface area (Å²) in [5.74, 6) is -5.37. The maximum absolute atomic E-state index is 12.6. The molecule has 0 fully saturated rings. The molecule has 0 spiro atoms. The molecule has 3 unspecified atom stereocenters. The zero-order valence-corrected chi connectivity index (χ0v) is 17.7. The Morgan fingerprint density at radius 3 is 2.03 bits per heavy atom. The van der Waals surface area contributed by atoms with E-state index in [1.165, 1.54) is 24.3 Å². The number of benzene rings is 1. The quantitative estimate of drug-likeness (QED) is 0.198. The molecule has 8 N–H and O–H groups in total. The lowest BCUT2D eigenvalue weighted by molar-refractivity contribution is -0.147. The van der Waals surface area contributed by atoms with Crippen molar-refractivity contribution in [2.24, 2.45) is 11.7 Å². The predicted octanol–water partition coefficient (Wildman–Crippen LogP) is -1.44. The number of nitrogens with one attached hydrogen (secondary N) is 3. The lowest BCUT2D eigenvalue weighted by Crippen LogP contribution is -2.55. The fraction of sp³-hybridized carbons (Fsp3) is 0.450. The van der Waals surface area contributed by atoms with Crippen LogP contribution in [0.1, 0.15) is 25.8 Å². The highest BCUT2D eigenvalue weighted by Gasteiger charge is 2.28. The van der Waals surface area contributed by atoms with Gasteiger partial charge < -0.3 is 37.0 Å². The van der Waals surface area contributed by atoms with Crippen molar-refractivity contribution >= 4 is 29.7 Å². The van der Waals surface area contributed by atoms with Gasteiger partial charge in [-0.2, -0.15) is 0 Å². The van der Waals surface area contributed by atoms with Crippen molar-refractivity contribution < 1.29 is 39.3 Å². The highest BCUT2D eigenvalue weighted by atomic mass is 16.4. The minimum absolute atomic E-state index is 0.0182. The first-order chi connectivity index (χ1) is 14.9. The van der Waals surface area contributed by atoms with Crippen molar-refractivity contribution in [3.8, 4) is 5.75 Å². The average Bonchev–Trinajstić information content (AvgIpc) is 2.71. The van der Waals surface area contributed by atoms with Crippen LogP contribution in [-0.2, 0) is 30.4 Å². The predicted molar refractivity (Wildman–Crippen MR) is 111 cm³/mol. The fourth-order valence-corrected chi connectivity index (χ4v) is 2.56. The molecule has 0 aliphatic heterocycles. The number of hydrogen-bond acceptors (Lipinski definition) is 7. The third-order valence-electron chi connectivity index (χ3n) is 4.47. The monoisotopic (exact) mass is 452 g/mol. The van der Waals surface area contributed by atoms with Crippen molar-refractivity contribution in [3.63, 3.8) is 0 Å². The van der Waals surface area contributed by atoms with Gasteiger partial charge in [0.2, 0.25) is 17.7 Å². The maximum atomic E-state index is 12.6. The molecule has 3 atom stereocenters. The van der Waals surface area contributed by atoms with Gasteiger partial charge in [-0.15, -0.1) is 0 Å². The van der Waals surface area contributed by atoms with Gasteiger partial charge in [0.1, 0.15) is 17.8 Å². The molecule has 3 amide bonds. The van der Waals surface area contributed by atoms with Crippen LogP contribution in [0.2, 0.25) is 0 Å². The summed E-state index contributed by atoms with van der Waals surface area (Å²) in [4.78, 5) is 59.0. The number of rotatable bonds is 12. The zero-order valence-electron chi connectivity index (χ0n) is 17.7. The van der Waals surface area contributed by atoms with Crippen molar-refractivity contribution in [1.82, 2.24) is 16.0 Å². The van der Waals surface area contributed by atoms with Crippen LogP contribution in [0.4, 0.5) is 0 Å². The molecule has 176 valence electrons. The number of aromatic hydroxyl groups is 1. The SMILES string of the molecule is CC(C)C(N)C(=O)NCC(=O)NC(Cc1ccc(O)cc1)C(=O)NC(CC(=O)O)C(=O)O. The number of aliphatic carboxylic acids is 2. The summed E-state index contributed by atoms with van der Waals surface area (Å²) < 4.78 is 0. The lowest BCUT2D eigenvalue weighted by atomic mass is 10.0. The van der Waals surface area contributed by atoms with Crippen molar-refractivity contribution in [1.29, 1.82) is 0 Å². The first kappa shape index (κ1) is 26.4. The largest absolute Gasteiger partial charge is 0.508 e. The molecule has 0 aliphatic rings. The molecule has 1 rings (SSSR count). The second-order valence-corrected chi connectivity index (χ2v) is 7.48. The van der Waals surface area contributed by atoms with Crippen LogP contribution in [0.15, 0.2) is 24.3 Å². The minimum Gasteiger partial charge on any atom is -0.508 e. The van der Waals surface area contributed by atoms with E-state index in [0.29, 0.717) is 5.56 Å². The molecule has 0 heterocycles. The second kappa shape index (κ2) is 12.2. The lowest BCUT2D eigenvalue weighted by Gasteiger charge is -2.21. The van der Waals surface area contributed by atoms with Crippen LogP contribution in [0.3, 0.4) is 0 Å². The number of carbonyl (C=O) groups is 5. The van der Waals surface area contributed by atoms with Gasteiger partial charge in [-0.3, -0.25) is 19.2 Å². The van der Waals surface area contributed by atoms with Gasteiger partial charge in [-0.05, 0) is 23.6 Å². The van der Waals surface area contributed by atoms with Gasteiger partial charge >= 0.3 is 11.9 Å². The molecule has 1 aromatic carbocycles. The Hall–Kier alpha value is -3.67. The standard InChI is InChI=1S/C20H28N4O8/c1-10(2)17(21)19(30)22-9-15(26)23-13(7-11-3-5-12(25)6-4-11)18(29)24-14(20(31)32)8-16(27)28/h3-6,10,13-14,17,25H,7-9,21H2,1-2H3,(H,22,30)(H,23,26)(H,24,29)(H,27,28)(H,31,32). The summed E-state index contributed by atoms with van der Waals surface area (Å²) in [6, 6.07) is 1.91. The van der Waals surface area contributed by atoms with Crippen LogP contribution in [-0.4, -0.2) is 69.7 Å². The maximum Gasteiger partial charge on any atom is 0.326 e. The van der Waals surface area contributed by atoms with Gasteiger partial charge in [-0.1, -0.05) is 26.0 Å². The number of carboxylic acid groups (broad SMARTS) is 2. The topological polar surface area (TPSA) is 208 Å². The number of nitrogens with two attached hydrogens (primary N) is 1. The Kier molecular flexibility index (Phi) is 10.1. The molecular weight excluding hydrogens is 424 g/mol. The number of carbonyl (C=O) groups excluding carboxylic acids is 3. The summed E-state index contributed by atoms with van der Waals surface area (Å²) >= 11 is 0. The summed E-state index contributed by atoms with van der Waals surface area (Å²) in [5, 5.41) is 34.2. The normalized spacial score (nSPS) is 13.5. The van der Waals surface area contributed by atoms with E-state index in [2.05, 4.69) is 16.0 Å². The first-order valence-corrected chi connectivity index (χ1v) is 9.76. The third kappa shape index (κ3) is 9.00. The summed E-state index contributed by atoms with van der Waals surface area (Å²) in [6.45, 7) is 2.99. The van der Waals surface area contributed by atoms with E-state index < -0.39 is 60.8 Å². The summed E-state index contributed by atoms with van der Waals surface area (Å²) in [5.41, 5.74) is 6.23. The van der Waals surface area contributed by atoms with E-state index in [9.17, 15) is 29.1 Å². The second-order valence-electron chi connectivity index (χ2n) is 7.48. The molecule has 0 bridgehead atoms. The Bertz CT molecular complexity index is 841. The van der Waals surface area contributed by atoms with Crippen molar-refractivity contribution in [2.45, 2.75) is 44.8 Å². The minimum atomic E-state index is -1.71. The van der Waals surface area contributed by atoms with E-state index in [0.717, 1.165) is 0 Å². The highest BCUT2D eigenvalue weighted by molar-refractivity contribution is 5.93. The smallest absolute Gasteiger partial charge is 0.326 e. The van der Waals surface area contributed by atoms with E-state index in [-0.39, 0.29) is 18.1 Å². The number of amides is 3. The van der Waals surface area contributed by atoms with Crippen molar-refractivity contribution in [2.75, 3.05) is 6.54 Å². The van der Waals surface area contributed by atoms with E-state index >= 15 is 0 Å². The number of phenols is 1. The average molecular weight is 452 g/mol. The highest BCUT2D eigenvalue weighted by Crippen LogP contribution is 2.12. The molecule has 1 aromatic rings. The van der Waals surface area contributed by atoms with Crippen LogP contribution < -0.4 is 21.7 Å². The van der Waals surface area contributed by atoms with Gasteiger partial charge in [0, 0.05) is 6.42 Å². The van der Waals surface area contributed by atoms with Gasteiger partial charge in [0.15, 0.2) is 0 Å². The van der Waals surface area contributed by atoms with E-state index in [1.54, 1.807) is 13.8 Å². The Morgan fingerprint density at radius 1 is 0.938 bits per heavy atom. The van der Waals surface area contributed by atoms with E-state index in [4.69, 9.17) is 15.9 Å². The molecular formula is C20H28N4O8. The number of hydrogen-bond donors (Lipinski definition) is 7. The molecule has 32 heavy (non-hydrogen) atoms. The molecule has 12 heteroatoms.